The van der Waals surface area contributed by atoms with Crippen molar-refractivity contribution < 1.29 is 4.79 Å². The third-order valence-electron chi connectivity index (χ3n) is 4.75. The molecule has 5 rings (SSSR count). The molecule has 1 atom stereocenters. The Morgan fingerprint density at radius 3 is 2.89 bits per heavy atom. The van der Waals surface area contributed by atoms with Gasteiger partial charge in [0.25, 0.3) is 5.91 Å². The van der Waals surface area contributed by atoms with Gasteiger partial charge in [-0.3, -0.25) is 4.79 Å². The quantitative estimate of drug-likeness (QED) is 0.534. The zero-order valence-electron chi connectivity index (χ0n) is 14.2. The largest absolute Gasteiger partial charge is 0.326 e. The molecule has 4 heterocycles. The molecule has 3 aromatic heterocycles. The van der Waals surface area contributed by atoms with Gasteiger partial charge < -0.3 is 4.90 Å². The maximum Gasteiger partial charge on any atom is 0.254 e. The number of amides is 1. The summed E-state index contributed by atoms with van der Waals surface area (Å²) in [5.74, 6) is 0.0279. The van der Waals surface area contributed by atoms with E-state index in [0.717, 1.165) is 12.1 Å². The van der Waals surface area contributed by atoms with Crippen LogP contribution in [0.2, 0.25) is 0 Å². The highest BCUT2D eigenvalue weighted by Gasteiger charge is 2.33. The molecule has 1 amide bonds. The van der Waals surface area contributed by atoms with Gasteiger partial charge in [-0.2, -0.15) is 0 Å². The molecule has 8 heteroatoms. The Labute approximate surface area is 163 Å². The number of carbonyl (C=O) groups excluding carboxylic acids is 1. The summed E-state index contributed by atoms with van der Waals surface area (Å²) in [6.45, 7) is 0.712. The van der Waals surface area contributed by atoms with E-state index >= 15 is 0 Å². The number of benzene rings is 1. The third-order valence-corrected chi connectivity index (χ3v) is 6.67. The second-order valence-corrected chi connectivity index (χ2v) is 8.25. The number of carbonyl (C=O) groups is 1. The van der Waals surface area contributed by atoms with Crippen LogP contribution in [0.3, 0.4) is 0 Å². The van der Waals surface area contributed by atoms with Crippen LogP contribution in [0.4, 0.5) is 0 Å². The van der Waals surface area contributed by atoms with E-state index in [9.17, 15) is 4.79 Å². The van der Waals surface area contributed by atoms with Crippen molar-refractivity contribution in [2.45, 2.75) is 12.5 Å². The Morgan fingerprint density at radius 2 is 2.07 bits per heavy atom. The molecule has 0 unspecified atom stereocenters. The van der Waals surface area contributed by atoms with E-state index in [2.05, 4.69) is 38.4 Å². The summed E-state index contributed by atoms with van der Waals surface area (Å²) in [5, 5.41) is 15.4. The van der Waals surface area contributed by atoms with Gasteiger partial charge >= 0.3 is 0 Å². The maximum absolute atomic E-state index is 13.4. The van der Waals surface area contributed by atoms with Crippen molar-refractivity contribution in [2.24, 2.45) is 0 Å². The van der Waals surface area contributed by atoms with Crippen molar-refractivity contribution >= 4 is 28.6 Å². The second kappa shape index (κ2) is 6.71. The summed E-state index contributed by atoms with van der Waals surface area (Å²) in [6.07, 6.45) is 2.42. The molecular formula is C19H15N5OS2. The number of aromatic nitrogens is 4. The molecule has 0 fully saturated rings. The highest BCUT2D eigenvalue weighted by molar-refractivity contribution is 7.10. The van der Waals surface area contributed by atoms with Crippen molar-refractivity contribution in [1.29, 1.82) is 0 Å². The summed E-state index contributed by atoms with van der Waals surface area (Å²) in [5.41, 5.74) is 2.66. The summed E-state index contributed by atoms with van der Waals surface area (Å²) < 4.78 is 1.56. The van der Waals surface area contributed by atoms with Gasteiger partial charge in [-0.1, -0.05) is 12.1 Å². The topological polar surface area (TPSA) is 63.9 Å². The van der Waals surface area contributed by atoms with Crippen LogP contribution in [-0.2, 0) is 6.42 Å². The minimum Gasteiger partial charge on any atom is -0.326 e. The Kier molecular flexibility index (Phi) is 4.06. The van der Waals surface area contributed by atoms with Gasteiger partial charge in [0.05, 0.1) is 11.7 Å². The van der Waals surface area contributed by atoms with Crippen LogP contribution in [0.25, 0.3) is 5.69 Å². The average Bonchev–Trinajstić information content (AvgIpc) is 3.49. The average molecular weight is 393 g/mol. The molecule has 1 aromatic carbocycles. The van der Waals surface area contributed by atoms with Gasteiger partial charge in [0.2, 0.25) is 0 Å². The van der Waals surface area contributed by atoms with Crippen LogP contribution in [0, 0.1) is 0 Å². The zero-order chi connectivity index (χ0) is 18.2. The maximum atomic E-state index is 13.4. The van der Waals surface area contributed by atoms with E-state index in [1.54, 1.807) is 27.4 Å². The van der Waals surface area contributed by atoms with Gasteiger partial charge in [0, 0.05) is 21.9 Å². The molecule has 0 saturated carbocycles. The number of nitrogens with zero attached hydrogens (tertiary/aromatic N) is 5. The Balaban J connectivity index is 1.54. The Morgan fingerprint density at radius 1 is 1.11 bits per heavy atom. The fourth-order valence-corrected chi connectivity index (χ4v) is 5.27. The van der Waals surface area contributed by atoms with Crippen molar-refractivity contribution in [2.75, 3.05) is 6.54 Å². The molecule has 0 saturated heterocycles. The first-order valence-corrected chi connectivity index (χ1v) is 10.3. The number of hydrogen-bond donors (Lipinski definition) is 0. The van der Waals surface area contributed by atoms with E-state index < -0.39 is 0 Å². The van der Waals surface area contributed by atoms with Crippen LogP contribution in [0.1, 0.15) is 31.7 Å². The van der Waals surface area contributed by atoms with Crippen molar-refractivity contribution in [3.05, 3.63) is 80.4 Å². The molecule has 6 nitrogen and oxygen atoms in total. The normalized spacial score (nSPS) is 16.3. The molecule has 0 aliphatic carbocycles. The minimum atomic E-state index is -0.0239. The summed E-state index contributed by atoms with van der Waals surface area (Å²) in [4.78, 5) is 18.0. The predicted octanol–water partition coefficient (Wildman–Crippen LogP) is 3.57. The predicted molar refractivity (Wildman–Crippen MR) is 104 cm³/mol. The lowest BCUT2D eigenvalue weighted by molar-refractivity contribution is 0.0698. The highest BCUT2D eigenvalue weighted by atomic mass is 32.1. The molecule has 27 heavy (non-hydrogen) atoms. The molecule has 4 aromatic rings. The zero-order valence-corrected chi connectivity index (χ0v) is 15.9. The molecule has 134 valence electrons. The first-order chi connectivity index (χ1) is 13.3. The number of hydrogen-bond acceptors (Lipinski definition) is 6. The van der Waals surface area contributed by atoms with Crippen LogP contribution in [0.15, 0.2) is 59.6 Å². The lowest BCUT2D eigenvalue weighted by Crippen LogP contribution is -2.39. The lowest BCUT2D eigenvalue weighted by atomic mass is 9.97. The lowest BCUT2D eigenvalue weighted by Gasteiger charge is -2.35. The van der Waals surface area contributed by atoms with Gasteiger partial charge in [0.15, 0.2) is 0 Å². The van der Waals surface area contributed by atoms with E-state index in [4.69, 9.17) is 0 Å². The molecule has 0 bridgehead atoms. The Hall–Kier alpha value is -2.84. The number of rotatable bonds is 3. The monoisotopic (exact) mass is 393 g/mol. The highest BCUT2D eigenvalue weighted by Crippen LogP contribution is 2.40. The number of tetrazole rings is 1. The molecule has 0 N–H and O–H groups in total. The van der Waals surface area contributed by atoms with Gasteiger partial charge in [-0.05, 0) is 63.5 Å². The van der Waals surface area contributed by atoms with Crippen molar-refractivity contribution in [3.8, 4) is 5.69 Å². The number of thiophene rings is 2. The van der Waals surface area contributed by atoms with E-state index in [0.29, 0.717) is 12.1 Å². The SMILES string of the molecule is O=C(c1cccc(-n2cnnn2)c1)N1CCc2sccc2[C@@H]1c1cccs1. The Bertz CT molecular complexity index is 1070. The van der Waals surface area contributed by atoms with Crippen LogP contribution in [0.5, 0.6) is 0 Å². The van der Waals surface area contributed by atoms with Crippen molar-refractivity contribution in [3.63, 3.8) is 0 Å². The number of fused-ring (bicyclic) bond motifs is 1. The molecular weight excluding hydrogens is 378 g/mol. The molecule has 1 aliphatic rings. The second-order valence-electron chi connectivity index (χ2n) is 6.27. The summed E-state index contributed by atoms with van der Waals surface area (Å²) in [6, 6.07) is 13.7. The standard InChI is InChI=1S/C19H15N5OS2/c25-19(13-3-1-4-14(11-13)24-12-20-21-22-24)23-8-6-16-15(7-10-27-16)18(23)17-5-2-9-26-17/h1-5,7,9-12,18H,6,8H2/t18-/m1/s1. The fraction of sp³-hybridized carbons (Fsp3) is 0.158. The van der Waals surface area contributed by atoms with Gasteiger partial charge in [0.1, 0.15) is 6.33 Å². The van der Waals surface area contributed by atoms with Crippen LogP contribution in [-0.4, -0.2) is 37.6 Å². The van der Waals surface area contributed by atoms with Crippen LogP contribution >= 0.6 is 22.7 Å². The van der Waals surface area contributed by atoms with E-state index in [1.807, 2.05) is 35.2 Å². The summed E-state index contributed by atoms with van der Waals surface area (Å²) in [7, 11) is 0. The van der Waals surface area contributed by atoms with E-state index in [1.165, 1.54) is 21.6 Å². The van der Waals surface area contributed by atoms with Crippen LogP contribution < -0.4 is 0 Å². The fourth-order valence-electron chi connectivity index (χ4n) is 3.52. The van der Waals surface area contributed by atoms with Gasteiger partial charge in [-0.25, -0.2) is 4.68 Å². The van der Waals surface area contributed by atoms with E-state index in [-0.39, 0.29) is 11.9 Å². The molecule has 1 aliphatic heterocycles. The summed E-state index contributed by atoms with van der Waals surface area (Å²) >= 11 is 3.47. The smallest absolute Gasteiger partial charge is 0.254 e. The van der Waals surface area contributed by atoms with Gasteiger partial charge in [-0.15, -0.1) is 27.8 Å². The first kappa shape index (κ1) is 16.3. The van der Waals surface area contributed by atoms with Crippen molar-refractivity contribution in [1.82, 2.24) is 25.1 Å². The third kappa shape index (κ3) is 2.87. The molecule has 0 radical (unpaired) electrons. The molecule has 0 spiro atoms. The first-order valence-electron chi connectivity index (χ1n) is 8.55. The minimum absolute atomic E-state index is 0.0239.